The highest BCUT2D eigenvalue weighted by molar-refractivity contribution is 5.94. The molecule has 0 spiro atoms. The zero-order chi connectivity index (χ0) is 13.1. The van der Waals surface area contributed by atoms with Crippen LogP contribution in [0, 0.1) is 0 Å². The number of hydrogen-bond acceptors (Lipinski definition) is 3. The molecule has 0 fully saturated rings. The summed E-state index contributed by atoms with van der Waals surface area (Å²) < 4.78 is 35.8. The maximum absolute atomic E-state index is 11.9. The molecule has 0 radical (unpaired) electrons. The number of nitrogens with one attached hydrogen (secondary N) is 1. The number of hydrogen-bond donors (Lipinski definition) is 3. The second-order valence-corrected chi connectivity index (χ2v) is 3.31. The number of aromatic hydroxyl groups is 1. The van der Waals surface area contributed by atoms with Gasteiger partial charge in [-0.25, -0.2) is 0 Å². The van der Waals surface area contributed by atoms with Crippen molar-refractivity contribution >= 4 is 5.91 Å². The Balaban J connectivity index is 2.53. The second kappa shape index (κ2) is 5.05. The third-order valence-electron chi connectivity index (χ3n) is 1.96. The average Bonchev–Trinajstić information content (AvgIpc) is 2.25. The lowest BCUT2D eigenvalue weighted by molar-refractivity contribution is -0.201. The van der Waals surface area contributed by atoms with Gasteiger partial charge in [-0.05, 0) is 24.3 Å². The largest absolute Gasteiger partial charge is 0.508 e. The van der Waals surface area contributed by atoms with E-state index in [4.69, 9.17) is 10.2 Å². The monoisotopic (exact) mass is 249 g/mol. The first-order chi connectivity index (χ1) is 7.80. The molecule has 1 unspecified atom stereocenters. The van der Waals surface area contributed by atoms with Crippen molar-refractivity contribution in [3.05, 3.63) is 29.8 Å². The highest BCUT2D eigenvalue weighted by atomic mass is 19.4. The fourth-order valence-electron chi connectivity index (χ4n) is 1.02. The van der Waals surface area contributed by atoms with Crippen LogP contribution in [-0.2, 0) is 0 Å². The van der Waals surface area contributed by atoms with Crippen LogP contribution in [0.5, 0.6) is 5.75 Å². The van der Waals surface area contributed by atoms with Crippen LogP contribution in [0.25, 0.3) is 0 Å². The number of amides is 1. The number of halogens is 3. The van der Waals surface area contributed by atoms with Gasteiger partial charge in [-0.3, -0.25) is 4.79 Å². The van der Waals surface area contributed by atoms with E-state index in [1.54, 1.807) is 0 Å². The normalized spacial score (nSPS) is 13.2. The lowest BCUT2D eigenvalue weighted by Gasteiger charge is -2.14. The van der Waals surface area contributed by atoms with Crippen LogP contribution in [0.2, 0.25) is 0 Å². The van der Waals surface area contributed by atoms with E-state index in [-0.39, 0.29) is 11.3 Å². The van der Waals surface area contributed by atoms with Gasteiger partial charge in [0, 0.05) is 5.56 Å². The molecule has 4 nitrogen and oxygen atoms in total. The minimum atomic E-state index is -4.76. The summed E-state index contributed by atoms with van der Waals surface area (Å²) in [6.45, 7) is -0.913. The molecule has 1 atom stereocenters. The number of phenolic OH excluding ortho intramolecular Hbond substituents is 1. The molecule has 0 aromatic heterocycles. The van der Waals surface area contributed by atoms with Crippen LogP contribution in [0.15, 0.2) is 24.3 Å². The summed E-state index contributed by atoms with van der Waals surface area (Å²) in [5.41, 5.74) is 0.0946. The van der Waals surface area contributed by atoms with Crippen LogP contribution in [0.1, 0.15) is 10.4 Å². The molecule has 1 aromatic rings. The fourth-order valence-corrected chi connectivity index (χ4v) is 1.02. The standard InChI is InChI=1S/C10H10F3NO3/c11-10(12,13)8(16)5-14-9(17)6-1-3-7(15)4-2-6/h1-4,8,15-16H,5H2,(H,14,17). The van der Waals surface area contributed by atoms with Crippen LogP contribution in [-0.4, -0.2) is 34.9 Å². The van der Waals surface area contributed by atoms with Gasteiger partial charge >= 0.3 is 6.18 Å². The number of carbonyl (C=O) groups is 1. The van der Waals surface area contributed by atoms with Gasteiger partial charge in [-0.1, -0.05) is 0 Å². The highest BCUT2D eigenvalue weighted by Gasteiger charge is 2.38. The predicted molar refractivity (Wildman–Crippen MR) is 52.5 cm³/mol. The molecule has 1 aromatic carbocycles. The molecule has 94 valence electrons. The van der Waals surface area contributed by atoms with E-state index in [9.17, 15) is 18.0 Å². The van der Waals surface area contributed by atoms with Gasteiger partial charge < -0.3 is 15.5 Å². The van der Waals surface area contributed by atoms with Crippen molar-refractivity contribution < 1.29 is 28.2 Å². The van der Waals surface area contributed by atoms with Gasteiger partial charge in [-0.2, -0.15) is 13.2 Å². The maximum atomic E-state index is 11.9. The summed E-state index contributed by atoms with van der Waals surface area (Å²) >= 11 is 0. The molecule has 0 aliphatic heterocycles. The zero-order valence-corrected chi connectivity index (χ0v) is 8.53. The van der Waals surface area contributed by atoms with Gasteiger partial charge in [-0.15, -0.1) is 0 Å². The Hall–Kier alpha value is -1.76. The summed E-state index contributed by atoms with van der Waals surface area (Å²) in [6.07, 6.45) is -7.36. The number of phenols is 1. The van der Waals surface area contributed by atoms with E-state index in [1.807, 2.05) is 5.32 Å². The Morgan fingerprint density at radius 3 is 2.29 bits per heavy atom. The maximum Gasteiger partial charge on any atom is 0.416 e. The smallest absolute Gasteiger partial charge is 0.416 e. The number of rotatable bonds is 3. The summed E-state index contributed by atoms with van der Waals surface area (Å²) in [7, 11) is 0. The highest BCUT2D eigenvalue weighted by Crippen LogP contribution is 2.19. The third kappa shape index (κ3) is 3.95. The van der Waals surface area contributed by atoms with Crippen LogP contribution < -0.4 is 5.32 Å². The van der Waals surface area contributed by atoms with E-state index in [0.717, 1.165) is 0 Å². The first-order valence-corrected chi connectivity index (χ1v) is 4.62. The molecular weight excluding hydrogens is 239 g/mol. The zero-order valence-electron chi connectivity index (χ0n) is 8.53. The van der Waals surface area contributed by atoms with E-state index in [0.29, 0.717) is 0 Å². The van der Waals surface area contributed by atoms with Crippen LogP contribution in [0.4, 0.5) is 13.2 Å². The predicted octanol–water partition coefficient (Wildman–Crippen LogP) is 1.05. The summed E-state index contributed by atoms with van der Waals surface area (Å²) in [4.78, 5) is 11.3. The van der Waals surface area contributed by atoms with Crippen molar-refractivity contribution in [2.24, 2.45) is 0 Å². The Labute approximate surface area is 94.7 Å². The van der Waals surface area contributed by atoms with Crippen molar-refractivity contribution in [3.8, 4) is 5.75 Å². The van der Waals surface area contributed by atoms with Crippen molar-refractivity contribution in [2.75, 3.05) is 6.54 Å². The Bertz CT molecular complexity index is 389. The van der Waals surface area contributed by atoms with Crippen LogP contribution >= 0.6 is 0 Å². The Morgan fingerprint density at radius 2 is 1.82 bits per heavy atom. The fraction of sp³-hybridized carbons (Fsp3) is 0.300. The Morgan fingerprint density at radius 1 is 1.29 bits per heavy atom. The number of aliphatic hydroxyl groups excluding tert-OH is 1. The van der Waals surface area contributed by atoms with Gasteiger partial charge in [0.2, 0.25) is 0 Å². The summed E-state index contributed by atoms with van der Waals surface area (Å²) in [5.74, 6) is -0.815. The number of aliphatic hydroxyl groups is 1. The van der Waals surface area contributed by atoms with Crippen molar-refractivity contribution in [2.45, 2.75) is 12.3 Å². The van der Waals surface area contributed by atoms with Gasteiger partial charge in [0.05, 0.1) is 6.54 Å². The molecule has 0 bridgehead atoms. The van der Waals surface area contributed by atoms with Gasteiger partial charge in [0.25, 0.3) is 5.91 Å². The summed E-state index contributed by atoms with van der Waals surface area (Å²) in [5, 5.41) is 19.5. The van der Waals surface area contributed by atoms with E-state index < -0.39 is 24.7 Å². The third-order valence-corrected chi connectivity index (χ3v) is 1.96. The molecule has 7 heteroatoms. The minimum absolute atomic E-state index is 0.0584. The first kappa shape index (κ1) is 13.3. The number of carbonyl (C=O) groups excluding carboxylic acids is 1. The number of alkyl halides is 3. The minimum Gasteiger partial charge on any atom is -0.508 e. The summed E-state index contributed by atoms with van der Waals surface area (Å²) in [6, 6.07) is 4.97. The molecular formula is C10H10F3NO3. The lowest BCUT2D eigenvalue weighted by Crippen LogP contribution is -2.40. The molecule has 1 amide bonds. The molecule has 0 aliphatic rings. The molecule has 17 heavy (non-hydrogen) atoms. The molecule has 3 N–H and O–H groups in total. The number of benzene rings is 1. The van der Waals surface area contributed by atoms with Gasteiger partial charge in [0.1, 0.15) is 5.75 Å². The first-order valence-electron chi connectivity index (χ1n) is 4.62. The van der Waals surface area contributed by atoms with Crippen molar-refractivity contribution in [3.63, 3.8) is 0 Å². The topological polar surface area (TPSA) is 69.6 Å². The van der Waals surface area contributed by atoms with Crippen LogP contribution in [0.3, 0.4) is 0 Å². The Kier molecular flexibility index (Phi) is 3.95. The molecule has 1 rings (SSSR count). The quantitative estimate of drug-likeness (QED) is 0.749. The SMILES string of the molecule is O=C(NCC(O)C(F)(F)F)c1ccc(O)cc1. The van der Waals surface area contributed by atoms with E-state index in [2.05, 4.69) is 0 Å². The second-order valence-electron chi connectivity index (χ2n) is 3.31. The average molecular weight is 249 g/mol. The molecule has 0 saturated heterocycles. The van der Waals surface area contributed by atoms with Crippen molar-refractivity contribution in [1.82, 2.24) is 5.32 Å². The molecule has 0 saturated carbocycles. The molecule has 0 aliphatic carbocycles. The van der Waals surface area contributed by atoms with Gasteiger partial charge in [0.15, 0.2) is 6.10 Å². The van der Waals surface area contributed by atoms with E-state index >= 15 is 0 Å². The lowest BCUT2D eigenvalue weighted by atomic mass is 10.2. The van der Waals surface area contributed by atoms with E-state index in [1.165, 1.54) is 24.3 Å². The van der Waals surface area contributed by atoms with Crippen molar-refractivity contribution in [1.29, 1.82) is 0 Å². The molecule has 0 heterocycles.